The molecule has 2 aromatic rings. The van der Waals surface area contributed by atoms with Crippen LogP contribution in [0.4, 0.5) is 0 Å². The lowest BCUT2D eigenvalue weighted by molar-refractivity contribution is 0.00884. The second-order valence-electron chi connectivity index (χ2n) is 5.81. The summed E-state index contributed by atoms with van der Waals surface area (Å²) in [4.78, 5) is 9.21. The summed E-state index contributed by atoms with van der Waals surface area (Å²) in [6.07, 6.45) is 6.82. The van der Waals surface area contributed by atoms with Crippen LogP contribution in [-0.2, 0) is 11.3 Å². The SMILES string of the molecule is Cc1ccnc2c1nc(C(C)Cl)n2CCC1CCCCO1. The van der Waals surface area contributed by atoms with Crippen LogP contribution in [0.5, 0.6) is 0 Å². The van der Waals surface area contributed by atoms with Gasteiger partial charge in [0.15, 0.2) is 5.65 Å². The maximum absolute atomic E-state index is 6.31. The standard InChI is InChI=1S/C16H22ClN3O/c1-11-6-8-18-16-14(11)19-15(12(2)17)20(16)9-7-13-5-3-4-10-21-13/h6,8,12-13H,3-5,7,9-10H2,1-2H3. The van der Waals surface area contributed by atoms with Gasteiger partial charge < -0.3 is 9.30 Å². The molecule has 114 valence electrons. The van der Waals surface area contributed by atoms with E-state index in [0.717, 1.165) is 48.5 Å². The Morgan fingerprint density at radius 1 is 1.48 bits per heavy atom. The van der Waals surface area contributed by atoms with E-state index < -0.39 is 0 Å². The number of halogens is 1. The van der Waals surface area contributed by atoms with Gasteiger partial charge in [0.25, 0.3) is 0 Å². The number of fused-ring (bicyclic) bond motifs is 1. The predicted molar refractivity (Wildman–Crippen MR) is 84.7 cm³/mol. The quantitative estimate of drug-likeness (QED) is 0.802. The van der Waals surface area contributed by atoms with Gasteiger partial charge in [-0.3, -0.25) is 0 Å². The van der Waals surface area contributed by atoms with E-state index in [2.05, 4.69) is 16.5 Å². The molecule has 21 heavy (non-hydrogen) atoms. The normalized spacial score (nSPS) is 20.8. The molecule has 0 spiro atoms. The average Bonchev–Trinajstić information content (AvgIpc) is 2.87. The molecule has 1 fully saturated rings. The van der Waals surface area contributed by atoms with Gasteiger partial charge in [-0.05, 0) is 51.2 Å². The third-order valence-corrected chi connectivity index (χ3v) is 4.36. The smallest absolute Gasteiger partial charge is 0.160 e. The Kier molecular flexibility index (Phi) is 4.45. The van der Waals surface area contributed by atoms with Gasteiger partial charge in [-0.1, -0.05) is 0 Å². The molecule has 1 aliphatic rings. The number of aromatic nitrogens is 3. The van der Waals surface area contributed by atoms with Gasteiger partial charge in [0.1, 0.15) is 11.3 Å². The molecule has 0 N–H and O–H groups in total. The molecule has 3 rings (SSSR count). The Balaban J connectivity index is 1.88. The fourth-order valence-corrected chi connectivity index (χ4v) is 3.15. The van der Waals surface area contributed by atoms with E-state index in [-0.39, 0.29) is 5.38 Å². The molecule has 0 amide bonds. The van der Waals surface area contributed by atoms with E-state index in [1.54, 1.807) is 0 Å². The highest BCUT2D eigenvalue weighted by Gasteiger charge is 2.19. The lowest BCUT2D eigenvalue weighted by Crippen LogP contribution is -2.21. The number of ether oxygens (including phenoxy) is 1. The molecule has 2 atom stereocenters. The van der Waals surface area contributed by atoms with Crippen molar-refractivity contribution in [2.45, 2.75) is 57.6 Å². The highest BCUT2D eigenvalue weighted by atomic mass is 35.5. The number of rotatable bonds is 4. The Bertz CT molecular complexity index is 617. The molecular weight excluding hydrogens is 286 g/mol. The Morgan fingerprint density at radius 3 is 3.05 bits per heavy atom. The number of imidazole rings is 1. The molecule has 0 saturated carbocycles. The summed E-state index contributed by atoms with van der Waals surface area (Å²) in [5.74, 6) is 0.907. The molecule has 1 aliphatic heterocycles. The van der Waals surface area contributed by atoms with E-state index >= 15 is 0 Å². The fraction of sp³-hybridized carbons (Fsp3) is 0.625. The summed E-state index contributed by atoms with van der Waals surface area (Å²) in [6, 6.07) is 1.99. The van der Waals surface area contributed by atoms with Crippen LogP contribution in [0.1, 0.15) is 49.4 Å². The molecule has 0 radical (unpaired) electrons. The maximum atomic E-state index is 6.31. The predicted octanol–water partition coefficient (Wildman–Crippen LogP) is 4.00. The maximum Gasteiger partial charge on any atom is 0.160 e. The van der Waals surface area contributed by atoms with Crippen molar-refractivity contribution in [1.29, 1.82) is 0 Å². The first kappa shape index (κ1) is 14.8. The van der Waals surface area contributed by atoms with Crippen molar-refractivity contribution in [3.05, 3.63) is 23.7 Å². The molecule has 0 aliphatic carbocycles. The van der Waals surface area contributed by atoms with Crippen LogP contribution in [0.25, 0.3) is 11.2 Å². The Hall–Kier alpha value is -1.13. The first-order chi connectivity index (χ1) is 10.2. The van der Waals surface area contributed by atoms with E-state index in [1.807, 2.05) is 19.2 Å². The zero-order chi connectivity index (χ0) is 14.8. The summed E-state index contributed by atoms with van der Waals surface area (Å²) >= 11 is 6.31. The van der Waals surface area contributed by atoms with Gasteiger partial charge in [-0.25, -0.2) is 9.97 Å². The Morgan fingerprint density at radius 2 is 2.33 bits per heavy atom. The van der Waals surface area contributed by atoms with Gasteiger partial charge >= 0.3 is 0 Å². The zero-order valence-corrected chi connectivity index (χ0v) is 13.4. The lowest BCUT2D eigenvalue weighted by atomic mass is 10.1. The molecular formula is C16H22ClN3O. The van der Waals surface area contributed by atoms with Crippen LogP contribution in [0.15, 0.2) is 12.3 Å². The van der Waals surface area contributed by atoms with Crippen molar-refractivity contribution in [2.75, 3.05) is 6.61 Å². The van der Waals surface area contributed by atoms with Gasteiger partial charge in [0, 0.05) is 19.3 Å². The number of hydrogen-bond donors (Lipinski definition) is 0. The van der Waals surface area contributed by atoms with Gasteiger partial charge in [-0.2, -0.15) is 0 Å². The summed E-state index contributed by atoms with van der Waals surface area (Å²) in [6.45, 7) is 5.79. The highest BCUT2D eigenvalue weighted by molar-refractivity contribution is 6.20. The second kappa shape index (κ2) is 6.32. The first-order valence-electron chi connectivity index (χ1n) is 7.74. The first-order valence-corrected chi connectivity index (χ1v) is 8.18. The third kappa shape index (κ3) is 3.06. The minimum absolute atomic E-state index is 0.120. The monoisotopic (exact) mass is 307 g/mol. The second-order valence-corrected chi connectivity index (χ2v) is 6.47. The summed E-state index contributed by atoms with van der Waals surface area (Å²) in [7, 11) is 0. The molecule has 5 heteroatoms. The molecule has 0 bridgehead atoms. The van der Waals surface area contributed by atoms with Gasteiger partial charge in [-0.15, -0.1) is 11.6 Å². The number of nitrogens with zero attached hydrogens (tertiary/aromatic N) is 3. The van der Waals surface area contributed by atoms with Crippen molar-refractivity contribution in [3.8, 4) is 0 Å². The molecule has 0 aromatic carbocycles. The lowest BCUT2D eigenvalue weighted by Gasteiger charge is -2.23. The largest absolute Gasteiger partial charge is 0.378 e. The van der Waals surface area contributed by atoms with Crippen molar-refractivity contribution < 1.29 is 4.74 Å². The van der Waals surface area contributed by atoms with Crippen LogP contribution >= 0.6 is 11.6 Å². The number of pyridine rings is 1. The van der Waals surface area contributed by atoms with Crippen molar-refractivity contribution >= 4 is 22.8 Å². The van der Waals surface area contributed by atoms with E-state index in [1.165, 1.54) is 12.8 Å². The summed E-state index contributed by atoms with van der Waals surface area (Å²) in [5.41, 5.74) is 3.05. The summed E-state index contributed by atoms with van der Waals surface area (Å²) in [5, 5.41) is -0.120. The van der Waals surface area contributed by atoms with Gasteiger partial charge in [0.05, 0.1) is 11.5 Å². The Labute approximate surface area is 130 Å². The van der Waals surface area contributed by atoms with E-state index in [4.69, 9.17) is 21.3 Å². The fourth-order valence-electron chi connectivity index (χ4n) is 2.99. The van der Waals surface area contributed by atoms with Crippen LogP contribution in [0.3, 0.4) is 0 Å². The average molecular weight is 308 g/mol. The van der Waals surface area contributed by atoms with Crippen molar-refractivity contribution in [2.24, 2.45) is 0 Å². The van der Waals surface area contributed by atoms with Crippen molar-refractivity contribution in [1.82, 2.24) is 14.5 Å². The molecule has 2 aromatic heterocycles. The van der Waals surface area contributed by atoms with Crippen LogP contribution in [-0.4, -0.2) is 27.2 Å². The van der Waals surface area contributed by atoms with E-state index in [0.29, 0.717) is 6.10 Å². The topological polar surface area (TPSA) is 39.9 Å². The molecule has 1 saturated heterocycles. The molecule has 4 nitrogen and oxygen atoms in total. The number of alkyl halides is 1. The molecule has 3 heterocycles. The van der Waals surface area contributed by atoms with E-state index in [9.17, 15) is 0 Å². The number of hydrogen-bond acceptors (Lipinski definition) is 3. The van der Waals surface area contributed by atoms with Crippen LogP contribution < -0.4 is 0 Å². The number of aryl methyl sites for hydroxylation is 2. The summed E-state index contributed by atoms with van der Waals surface area (Å²) < 4.78 is 7.99. The minimum atomic E-state index is -0.120. The van der Waals surface area contributed by atoms with Crippen LogP contribution in [0.2, 0.25) is 0 Å². The highest BCUT2D eigenvalue weighted by Crippen LogP contribution is 2.26. The third-order valence-electron chi connectivity index (χ3n) is 4.17. The molecule has 2 unspecified atom stereocenters. The van der Waals surface area contributed by atoms with Crippen LogP contribution in [0, 0.1) is 6.92 Å². The van der Waals surface area contributed by atoms with Gasteiger partial charge in [0.2, 0.25) is 0 Å². The zero-order valence-electron chi connectivity index (χ0n) is 12.7. The minimum Gasteiger partial charge on any atom is -0.378 e. The van der Waals surface area contributed by atoms with Crippen molar-refractivity contribution in [3.63, 3.8) is 0 Å².